The van der Waals surface area contributed by atoms with Crippen molar-refractivity contribution in [1.29, 1.82) is 0 Å². The molecule has 7 heteroatoms. The van der Waals surface area contributed by atoms with E-state index in [0.29, 0.717) is 41.5 Å². The summed E-state index contributed by atoms with van der Waals surface area (Å²) in [7, 11) is 0. The van der Waals surface area contributed by atoms with E-state index in [1.54, 1.807) is 6.07 Å². The Morgan fingerprint density at radius 1 is 1.24 bits per heavy atom. The molecule has 1 spiro atoms. The van der Waals surface area contributed by atoms with Gasteiger partial charge in [0.05, 0.1) is 0 Å². The van der Waals surface area contributed by atoms with Crippen LogP contribution < -0.4 is 9.47 Å². The van der Waals surface area contributed by atoms with Crippen molar-refractivity contribution in [2.24, 2.45) is 11.8 Å². The number of carbonyl (C=O) groups excluding carboxylic acids is 1. The fraction of sp³-hybridized carbons (Fsp3) is 0.519. The summed E-state index contributed by atoms with van der Waals surface area (Å²) in [6.45, 7) is 2.49. The minimum absolute atomic E-state index is 0. The summed E-state index contributed by atoms with van der Waals surface area (Å²) in [5, 5.41) is 11.6. The molecule has 0 aromatic heterocycles. The van der Waals surface area contributed by atoms with Crippen LogP contribution in [0, 0.1) is 11.8 Å². The van der Waals surface area contributed by atoms with Crippen LogP contribution in [0.1, 0.15) is 48.8 Å². The van der Waals surface area contributed by atoms with Crippen LogP contribution in [-0.4, -0.2) is 41.0 Å². The number of aromatic hydroxyl groups is 1. The Morgan fingerprint density at radius 3 is 2.85 bits per heavy atom. The summed E-state index contributed by atoms with van der Waals surface area (Å²) in [6, 6.07) is 9.75. The van der Waals surface area contributed by atoms with Gasteiger partial charge >= 0.3 is 0 Å². The molecule has 1 N–H and O–H groups in total. The molecule has 34 heavy (non-hydrogen) atoms. The van der Waals surface area contributed by atoms with Crippen molar-refractivity contribution in [2.45, 2.75) is 62.7 Å². The van der Waals surface area contributed by atoms with Crippen LogP contribution in [0.15, 0.2) is 30.3 Å². The highest BCUT2D eigenvalue weighted by Gasteiger charge is 2.66. The van der Waals surface area contributed by atoms with E-state index < -0.39 is 6.10 Å². The summed E-state index contributed by atoms with van der Waals surface area (Å²) in [6.07, 6.45) is 5.48. The Morgan fingerprint density at radius 2 is 2.06 bits per heavy atom. The molecule has 5 nitrogen and oxygen atoms in total. The SMILES string of the molecule is Cl.O=C1CC[C@H]2[C@H]3Cc4c(OCc5ccccc5Cl)cc(O)c5c4[C@@]2(CCN3CC2CC2)[C@H]1O5. The van der Waals surface area contributed by atoms with E-state index in [0.717, 1.165) is 55.0 Å². The number of hydrogen-bond acceptors (Lipinski definition) is 5. The maximum absolute atomic E-state index is 13.1. The number of nitrogens with zero attached hydrogens (tertiary/aromatic N) is 1. The maximum Gasteiger partial charge on any atom is 0.174 e. The molecule has 2 heterocycles. The van der Waals surface area contributed by atoms with Gasteiger partial charge in [-0.15, -0.1) is 12.4 Å². The van der Waals surface area contributed by atoms with Crippen molar-refractivity contribution in [3.8, 4) is 17.2 Å². The summed E-state index contributed by atoms with van der Waals surface area (Å²) < 4.78 is 12.6. The smallest absolute Gasteiger partial charge is 0.174 e. The highest BCUT2D eigenvalue weighted by Crippen LogP contribution is 2.64. The van der Waals surface area contributed by atoms with Gasteiger partial charge in [-0.1, -0.05) is 29.8 Å². The lowest BCUT2D eigenvalue weighted by Gasteiger charge is -2.57. The Balaban J connectivity index is 0.00000217. The van der Waals surface area contributed by atoms with Gasteiger partial charge in [-0.2, -0.15) is 0 Å². The molecule has 1 saturated heterocycles. The molecule has 0 amide bonds. The molecule has 4 atom stereocenters. The molecule has 0 radical (unpaired) electrons. The number of piperidine rings is 1. The monoisotopic (exact) mass is 501 g/mol. The molecule has 2 aromatic rings. The van der Waals surface area contributed by atoms with Crippen molar-refractivity contribution in [1.82, 2.24) is 4.90 Å². The Kier molecular flexibility index (Phi) is 5.32. The molecule has 180 valence electrons. The van der Waals surface area contributed by atoms with Crippen LogP contribution in [-0.2, 0) is 23.2 Å². The van der Waals surface area contributed by atoms with Gasteiger partial charge in [0.15, 0.2) is 23.4 Å². The third-order valence-corrected chi connectivity index (χ3v) is 9.21. The van der Waals surface area contributed by atoms with Gasteiger partial charge in [-0.05, 0) is 56.6 Å². The molecule has 0 unspecified atom stereocenters. The van der Waals surface area contributed by atoms with Crippen LogP contribution >= 0.6 is 24.0 Å². The number of likely N-dealkylation sites (tertiary alicyclic amines) is 1. The summed E-state index contributed by atoms with van der Waals surface area (Å²) in [5.41, 5.74) is 2.76. The standard InChI is InChI=1S/C27H28ClNO4.ClH/c28-19-4-2-1-3-16(19)14-32-23-12-22(31)25-24-17(23)11-20-18-7-8-21(30)26(33-25)27(18,24)9-10-29(20)13-15-5-6-15;/h1-4,12,15,18,20,26,31H,5-11,13-14H2;1H/t18-,20+,26-,27-;/m0./s1. The number of ketones is 1. The fourth-order valence-electron chi connectivity index (χ4n) is 7.22. The van der Waals surface area contributed by atoms with E-state index in [9.17, 15) is 9.90 Å². The average molecular weight is 502 g/mol. The molecular weight excluding hydrogens is 473 g/mol. The first-order valence-corrected chi connectivity index (χ1v) is 12.6. The first kappa shape index (κ1) is 22.5. The molecule has 2 saturated carbocycles. The number of phenolic OH excluding ortho intramolecular Hbond substituents is 1. The third-order valence-electron chi connectivity index (χ3n) is 8.84. The van der Waals surface area contributed by atoms with E-state index in [2.05, 4.69) is 4.90 Å². The summed E-state index contributed by atoms with van der Waals surface area (Å²) >= 11 is 6.36. The normalized spacial score (nSPS) is 30.9. The summed E-state index contributed by atoms with van der Waals surface area (Å²) in [4.78, 5) is 15.8. The molecule has 3 aliphatic carbocycles. The van der Waals surface area contributed by atoms with E-state index in [1.807, 2.05) is 24.3 Å². The van der Waals surface area contributed by atoms with Crippen LogP contribution in [0.5, 0.6) is 17.2 Å². The topological polar surface area (TPSA) is 59.0 Å². The zero-order valence-corrected chi connectivity index (χ0v) is 20.5. The van der Waals surface area contributed by atoms with Crippen molar-refractivity contribution in [2.75, 3.05) is 13.1 Å². The lowest BCUT2D eigenvalue weighted by Crippen LogP contribution is -2.66. The Hall–Kier alpha value is -1.95. The predicted octanol–water partition coefficient (Wildman–Crippen LogP) is 5.06. The number of rotatable bonds is 5. The van der Waals surface area contributed by atoms with Gasteiger partial charge in [-0.25, -0.2) is 0 Å². The maximum atomic E-state index is 13.1. The number of hydrogen-bond donors (Lipinski definition) is 1. The van der Waals surface area contributed by atoms with Crippen molar-refractivity contribution in [3.63, 3.8) is 0 Å². The molecule has 2 bridgehead atoms. The van der Waals surface area contributed by atoms with E-state index in [-0.39, 0.29) is 29.4 Å². The van der Waals surface area contributed by atoms with Crippen LogP contribution in [0.4, 0.5) is 0 Å². The largest absolute Gasteiger partial charge is 0.504 e. The minimum atomic E-state index is -0.472. The molecular formula is C27H29Cl2NO4. The fourth-order valence-corrected chi connectivity index (χ4v) is 7.41. The van der Waals surface area contributed by atoms with Gasteiger partial charge in [0.2, 0.25) is 0 Å². The number of Topliss-reactive ketones (excluding diaryl/α,β-unsaturated/α-hetero) is 1. The average Bonchev–Trinajstić information content (AvgIpc) is 3.55. The van der Waals surface area contributed by atoms with E-state index in [1.165, 1.54) is 12.8 Å². The van der Waals surface area contributed by atoms with Crippen LogP contribution in [0.25, 0.3) is 0 Å². The lowest BCUT2D eigenvalue weighted by molar-refractivity contribution is -0.138. The first-order chi connectivity index (χ1) is 16.1. The first-order valence-electron chi connectivity index (χ1n) is 12.2. The number of halogens is 2. The quantitative estimate of drug-likeness (QED) is 0.619. The molecule has 5 aliphatic rings. The van der Waals surface area contributed by atoms with Gasteiger partial charge in [-0.3, -0.25) is 9.69 Å². The zero-order valence-electron chi connectivity index (χ0n) is 19.0. The lowest BCUT2D eigenvalue weighted by atomic mass is 9.51. The second kappa shape index (κ2) is 8.04. The zero-order chi connectivity index (χ0) is 22.3. The minimum Gasteiger partial charge on any atom is -0.504 e. The van der Waals surface area contributed by atoms with Crippen molar-refractivity contribution in [3.05, 3.63) is 52.0 Å². The Labute approximate surface area is 210 Å². The number of phenols is 1. The number of ether oxygens (including phenoxy) is 2. The second-order valence-corrected chi connectivity index (χ2v) is 11.0. The second-order valence-electron chi connectivity index (χ2n) is 10.6. The van der Waals surface area contributed by atoms with E-state index >= 15 is 0 Å². The van der Waals surface area contributed by atoms with Gasteiger partial charge in [0.1, 0.15) is 12.4 Å². The summed E-state index contributed by atoms with van der Waals surface area (Å²) in [5.74, 6) is 2.70. The van der Waals surface area contributed by atoms with Crippen LogP contribution in [0.2, 0.25) is 5.02 Å². The molecule has 3 fully saturated rings. The highest BCUT2D eigenvalue weighted by molar-refractivity contribution is 6.31. The van der Waals surface area contributed by atoms with Gasteiger partial charge in [0, 0.05) is 52.2 Å². The Bertz CT molecular complexity index is 1170. The number of carbonyl (C=O) groups is 1. The molecule has 7 rings (SSSR count). The van der Waals surface area contributed by atoms with E-state index in [4.69, 9.17) is 21.1 Å². The molecule has 2 aromatic carbocycles. The number of benzene rings is 2. The predicted molar refractivity (Wildman–Crippen MR) is 131 cm³/mol. The van der Waals surface area contributed by atoms with Gasteiger partial charge in [0.25, 0.3) is 0 Å². The van der Waals surface area contributed by atoms with Crippen molar-refractivity contribution >= 4 is 29.8 Å². The third kappa shape index (κ3) is 3.13. The molecule has 2 aliphatic heterocycles. The van der Waals surface area contributed by atoms with Crippen molar-refractivity contribution < 1.29 is 19.4 Å². The van der Waals surface area contributed by atoms with Crippen LogP contribution in [0.3, 0.4) is 0 Å². The highest BCUT2D eigenvalue weighted by atomic mass is 35.5. The van der Waals surface area contributed by atoms with Gasteiger partial charge < -0.3 is 14.6 Å².